The van der Waals surface area contributed by atoms with E-state index in [0.717, 1.165) is 16.0 Å². The number of benzene rings is 2. The third kappa shape index (κ3) is 5.23. The Labute approximate surface area is 204 Å². The number of halogens is 2. The molecule has 0 saturated carbocycles. The summed E-state index contributed by atoms with van der Waals surface area (Å²) in [6.07, 6.45) is 1.39. The number of amides is 4. The maximum absolute atomic E-state index is 13.1. The molecule has 1 saturated heterocycles. The molecule has 2 N–H and O–H groups in total. The van der Waals surface area contributed by atoms with Crippen LogP contribution < -0.4 is 15.0 Å². The predicted molar refractivity (Wildman–Crippen MR) is 130 cm³/mol. The van der Waals surface area contributed by atoms with Crippen LogP contribution in [0.15, 0.2) is 35.9 Å². The highest BCUT2D eigenvalue weighted by atomic mass is 127. The van der Waals surface area contributed by atoms with Crippen molar-refractivity contribution >= 4 is 80.8 Å². The number of hydrogen-bond donors (Lipinski definition) is 2. The second-order valence-electron chi connectivity index (χ2n) is 6.80. The highest BCUT2D eigenvalue weighted by molar-refractivity contribution is 14.1. The zero-order chi connectivity index (χ0) is 22.9. The molecule has 160 valence electrons. The van der Waals surface area contributed by atoms with Crippen LogP contribution in [-0.2, 0) is 14.4 Å². The number of nitrogens with zero attached hydrogens (tertiary/aromatic N) is 1. The van der Waals surface area contributed by atoms with E-state index in [0.29, 0.717) is 24.1 Å². The minimum atomic E-state index is -1.10. The normalized spacial score (nSPS) is 15.3. The van der Waals surface area contributed by atoms with Gasteiger partial charge in [-0.25, -0.2) is 14.5 Å². The first-order valence-electron chi connectivity index (χ1n) is 8.90. The van der Waals surface area contributed by atoms with E-state index in [1.807, 2.05) is 65.1 Å². The average molecular weight is 646 g/mol. The lowest BCUT2D eigenvalue weighted by Crippen LogP contribution is -2.54. The van der Waals surface area contributed by atoms with Crippen LogP contribution in [0.4, 0.5) is 10.5 Å². The number of urea groups is 1. The van der Waals surface area contributed by atoms with Crippen LogP contribution in [0.25, 0.3) is 6.08 Å². The zero-order valence-corrected chi connectivity index (χ0v) is 20.7. The Bertz CT molecular complexity index is 1120. The second kappa shape index (κ2) is 9.34. The highest BCUT2D eigenvalue weighted by Crippen LogP contribution is 2.31. The van der Waals surface area contributed by atoms with Crippen LogP contribution in [0.2, 0.25) is 0 Å². The fraction of sp³-hybridized carbons (Fsp3) is 0.143. The first-order valence-corrected chi connectivity index (χ1v) is 11.1. The number of carboxylic acids is 1. The van der Waals surface area contributed by atoms with Gasteiger partial charge in [0.15, 0.2) is 6.61 Å². The summed E-state index contributed by atoms with van der Waals surface area (Å²) in [5.74, 6) is -2.21. The van der Waals surface area contributed by atoms with Gasteiger partial charge in [-0.1, -0.05) is 6.07 Å². The molecule has 4 amide bonds. The molecule has 0 unspecified atom stereocenters. The quantitative estimate of drug-likeness (QED) is 0.292. The molecule has 1 heterocycles. The standard InChI is InChI=1S/C21H16I2N2O6/c1-10-3-11(2)5-13(4-10)25-20(29)14(19(28)24-21(25)30)6-12-7-15(22)18(16(23)8-12)31-9-17(26)27/h3-8H,9H2,1-2H3,(H,26,27)(H,24,28,30)/b14-6+. The lowest BCUT2D eigenvalue weighted by atomic mass is 10.1. The number of aryl methyl sites for hydroxylation is 2. The largest absolute Gasteiger partial charge is 0.480 e. The molecular formula is C21H16I2N2O6. The molecule has 1 aliphatic heterocycles. The van der Waals surface area contributed by atoms with Crippen molar-refractivity contribution in [1.29, 1.82) is 0 Å². The maximum Gasteiger partial charge on any atom is 0.341 e. The van der Waals surface area contributed by atoms with Crippen molar-refractivity contribution in [2.24, 2.45) is 0 Å². The van der Waals surface area contributed by atoms with Crippen LogP contribution in [-0.4, -0.2) is 35.5 Å². The Kier molecular flexibility index (Phi) is 6.99. The molecule has 0 aromatic heterocycles. The van der Waals surface area contributed by atoms with Gasteiger partial charge in [-0.3, -0.25) is 14.9 Å². The zero-order valence-electron chi connectivity index (χ0n) is 16.4. The number of nitrogens with one attached hydrogen (secondary N) is 1. The van der Waals surface area contributed by atoms with Crippen molar-refractivity contribution in [1.82, 2.24) is 5.32 Å². The van der Waals surface area contributed by atoms with Crippen molar-refractivity contribution in [2.75, 3.05) is 11.5 Å². The predicted octanol–water partition coefficient (Wildman–Crippen LogP) is 3.64. The van der Waals surface area contributed by atoms with Crippen LogP contribution in [0.3, 0.4) is 0 Å². The van der Waals surface area contributed by atoms with Gasteiger partial charge in [0.05, 0.1) is 12.8 Å². The summed E-state index contributed by atoms with van der Waals surface area (Å²) in [6.45, 7) is 3.21. The van der Waals surface area contributed by atoms with E-state index in [9.17, 15) is 19.2 Å². The van der Waals surface area contributed by atoms with Gasteiger partial charge in [-0.05, 0) is 106 Å². The Balaban J connectivity index is 1.99. The van der Waals surface area contributed by atoms with Gasteiger partial charge >= 0.3 is 12.0 Å². The summed E-state index contributed by atoms with van der Waals surface area (Å²) < 4.78 is 6.52. The molecule has 1 aliphatic rings. The number of ether oxygens (including phenoxy) is 1. The molecule has 1 fully saturated rings. The topological polar surface area (TPSA) is 113 Å². The van der Waals surface area contributed by atoms with Gasteiger partial charge < -0.3 is 9.84 Å². The summed E-state index contributed by atoms with van der Waals surface area (Å²) in [5, 5.41) is 11.0. The van der Waals surface area contributed by atoms with Gasteiger partial charge in [0.2, 0.25) is 0 Å². The van der Waals surface area contributed by atoms with Crippen LogP contribution in [0, 0.1) is 21.0 Å². The molecule has 0 radical (unpaired) electrons. The Hall–Kier alpha value is -2.48. The number of hydrogen-bond acceptors (Lipinski definition) is 5. The SMILES string of the molecule is Cc1cc(C)cc(N2C(=O)NC(=O)/C(=C\c3cc(I)c(OCC(=O)O)c(I)c3)C2=O)c1. The number of carbonyl (C=O) groups excluding carboxylic acids is 3. The lowest BCUT2D eigenvalue weighted by molar-refractivity contribution is -0.139. The highest BCUT2D eigenvalue weighted by Gasteiger charge is 2.37. The molecule has 0 bridgehead atoms. The summed E-state index contributed by atoms with van der Waals surface area (Å²) in [4.78, 5) is 49.6. The summed E-state index contributed by atoms with van der Waals surface area (Å²) >= 11 is 3.97. The number of aliphatic carboxylic acids is 1. The molecular weight excluding hydrogens is 630 g/mol. The van der Waals surface area contributed by atoms with Gasteiger partial charge in [0, 0.05) is 0 Å². The summed E-state index contributed by atoms with van der Waals surface area (Å²) in [5.41, 5.74) is 2.47. The minimum absolute atomic E-state index is 0.190. The van der Waals surface area contributed by atoms with E-state index >= 15 is 0 Å². The van der Waals surface area contributed by atoms with Gasteiger partial charge in [0.1, 0.15) is 11.3 Å². The first kappa shape index (κ1) is 23.2. The van der Waals surface area contributed by atoms with Crippen molar-refractivity contribution in [2.45, 2.75) is 13.8 Å². The third-order valence-corrected chi connectivity index (χ3v) is 5.84. The van der Waals surface area contributed by atoms with E-state index in [1.165, 1.54) is 6.08 Å². The number of rotatable bonds is 5. The lowest BCUT2D eigenvalue weighted by Gasteiger charge is -2.27. The molecule has 31 heavy (non-hydrogen) atoms. The monoisotopic (exact) mass is 646 g/mol. The second-order valence-corrected chi connectivity index (χ2v) is 9.12. The van der Waals surface area contributed by atoms with Crippen molar-refractivity contribution in [3.05, 3.63) is 59.7 Å². The van der Waals surface area contributed by atoms with Crippen molar-refractivity contribution in [3.8, 4) is 5.75 Å². The van der Waals surface area contributed by atoms with Crippen LogP contribution in [0.1, 0.15) is 16.7 Å². The number of carbonyl (C=O) groups is 4. The van der Waals surface area contributed by atoms with Gasteiger partial charge in [-0.15, -0.1) is 0 Å². The Morgan fingerprint density at radius 2 is 1.65 bits per heavy atom. The Morgan fingerprint density at radius 1 is 1.06 bits per heavy atom. The third-order valence-electron chi connectivity index (χ3n) is 4.24. The summed E-state index contributed by atoms with van der Waals surface area (Å²) in [6, 6.07) is 7.81. The minimum Gasteiger partial charge on any atom is -0.480 e. The molecule has 3 rings (SSSR count). The maximum atomic E-state index is 13.1. The number of imide groups is 2. The van der Waals surface area contributed by atoms with Gasteiger partial charge in [-0.2, -0.15) is 0 Å². The number of anilines is 1. The molecule has 2 aromatic rings. The number of carboxylic acid groups (broad SMARTS) is 1. The molecule has 2 aromatic carbocycles. The van der Waals surface area contributed by atoms with E-state index in [-0.39, 0.29) is 5.57 Å². The van der Waals surface area contributed by atoms with Gasteiger partial charge in [0.25, 0.3) is 11.8 Å². The fourth-order valence-corrected chi connectivity index (χ4v) is 5.20. The van der Waals surface area contributed by atoms with Crippen LogP contribution >= 0.6 is 45.2 Å². The smallest absolute Gasteiger partial charge is 0.341 e. The molecule has 0 aliphatic carbocycles. The molecule has 0 atom stereocenters. The van der Waals surface area contributed by atoms with E-state index in [1.54, 1.807) is 24.3 Å². The molecule has 10 heteroatoms. The Morgan fingerprint density at radius 3 is 2.19 bits per heavy atom. The summed E-state index contributed by atoms with van der Waals surface area (Å²) in [7, 11) is 0. The molecule has 8 nitrogen and oxygen atoms in total. The van der Waals surface area contributed by atoms with Crippen LogP contribution in [0.5, 0.6) is 5.75 Å². The molecule has 0 spiro atoms. The number of barbiturate groups is 1. The van der Waals surface area contributed by atoms with E-state index in [4.69, 9.17) is 9.84 Å². The van der Waals surface area contributed by atoms with Crippen molar-refractivity contribution in [3.63, 3.8) is 0 Å². The average Bonchev–Trinajstić information content (AvgIpc) is 2.63. The first-order chi connectivity index (χ1) is 14.6. The van der Waals surface area contributed by atoms with E-state index < -0.39 is 30.4 Å². The van der Waals surface area contributed by atoms with E-state index in [2.05, 4.69) is 5.32 Å². The fourth-order valence-electron chi connectivity index (χ4n) is 3.07. The van der Waals surface area contributed by atoms with Crippen molar-refractivity contribution < 1.29 is 29.0 Å².